The summed E-state index contributed by atoms with van der Waals surface area (Å²) in [5.41, 5.74) is 0. The minimum absolute atomic E-state index is 0.103. The number of unbranched alkanes of at least 4 members (excludes halogenated alkanes) is 38. The molecule has 0 aromatic heterocycles. The molecule has 0 aliphatic carbocycles. The van der Waals surface area contributed by atoms with E-state index in [1.54, 1.807) is 0 Å². The molecular weight excluding hydrogens is 1210 g/mol. The Kier molecular flexibility index (Phi) is 62.4. The van der Waals surface area contributed by atoms with E-state index in [4.69, 9.17) is 37.0 Å². The molecule has 0 aliphatic rings. The van der Waals surface area contributed by atoms with Crippen LogP contribution in [0.4, 0.5) is 0 Å². The topological polar surface area (TPSA) is 237 Å². The summed E-state index contributed by atoms with van der Waals surface area (Å²) in [5.74, 6) is 0.181. The lowest BCUT2D eigenvalue weighted by Crippen LogP contribution is -2.30. The van der Waals surface area contributed by atoms with Crippen molar-refractivity contribution in [3.05, 3.63) is 0 Å². The van der Waals surface area contributed by atoms with Gasteiger partial charge in [0.25, 0.3) is 0 Å². The van der Waals surface area contributed by atoms with E-state index in [1.807, 2.05) is 0 Å². The average molecular weight is 1350 g/mol. The quantitative estimate of drug-likeness (QED) is 0.0222. The number of rotatable bonds is 71. The standard InChI is InChI=1S/C73H142O17P2/c1-8-10-11-12-13-25-32-40-47-54-70(75)83-61-69(90-73(78)57-50-43-36-35-39-46-53-66(7)9-2)63-88-92(81,82)86-59-67(74)58-85-91(79,80)87-62-68(60-84-71(76)55-48-41-33-28-23-20-16-18-22-27-31-38-45-52-65(5)6)89-72(77)56-49-42-34-29-24-19-15-14-17-21-26-30-37-44-51-64(3)4/h64-69,74H,8-63H2,1-7H3,(H,79,80)(H,81,82)/t66?,67-,68-,69-/m1/s1. The van der Waals surface area contributed by atoms with Gasteiger partial charge in [-0.3, -0.25) is 37.3 Å². The molecule has 0 aromatic carbocycles. The maximum atomic E-state index is 13.1. The van der Waals surface area contributed by atoms with Crippen molar-refractivity contribution in [2.45, 2.75) is 388 Å². The third-order valence-corrected chi connectivity index (χ3v) is 19.1. The van der Waals surface area contributed by atoms with Crippen molar-refractivity contribution in [3.8, 4) is 0 Å². The Balaban J connectivity index is 5.23. The number of esters is 4. The summed E-state index contributed by atoms with van der Waals surface area (Å²) in [4.78, 5) is 72.6. The highest BCUT2D eigenvalue weighted by Crippen LogP contribution is 2.45. The van der Waals surface area contributed by atoms with Crippen molar-refractivity contribution in [1.29, 1.82) is 0 Å². The zero-order valence-corrected chi connectivity index (χ0v) is 61.8. The van der Waals surface area contributed by atoms with Gasteiger partial charge in [0.1, 0.15) is 19.3 Å². The lowest BCUT2D eigenvalue weighted by atomic mass is 10.00. The molecule has 0 saturated heterocycles. The Morgan fingerprint density at radius 1 is 0.315 bits per heavy atom. The van der Waals surface area contributed by atoms with Gasteiger partial charge in [-0.25, -0.2) is 9.13 Å². The van der Waals surface area contributed by atoms with Crippen LogP contribution in [-0.4, -0.2) is 96.7 Å². The second-order valence-electron chi connectivity index (χ2n) is 27.5. The van der Waals surface area contributed by atoms with Gasteiger partial charge in [-0.15, -0.1) is 0 Å². The van der Waals surface area contributed by atoms with Crippen LogP contribution in [0, 0.1) is 17.8 Å². The molecule has 17 nitrogen and oxygen atoms in total. The van der Waals surface area contributed by atoms with Crippen molar-refractivity contribution in [1.82, 2.24) is 0 Å². The van der Waals surface area contributed by atoms with E-state index in [0.717, 1.165) is 108 Å². The zero-order valence-electron chi connectivity index (χ0n) is 60.0. The van der Waals surface area contributed by atoms with Crippen LogP contribution in [0.2, 0.25) is 0 Å². The number of carbonyl (C=O) groups is 4. The fourth-order valence-corrected chi connectivity index (χ4v) is 12.6. The van der Waals surface area contributed by atoms with E-state index in [2.05, 4.69) is 48.5 Å². The summed E-state index contributed by atoms with van der Waals surface area (Å²) in [6.07, 6.45) is 48.6. The molecule has 0 amide bonds. The van der Waals surface area contributed by atoms with Gasteiger partial charge in [-0.2, -0.15) is 0 Å². The molecule has 0 rings (SSSR count). The van der Waals surface area contributed by atoms with Gasteiger partial charge >= 0.3 is 39.5 Å². The maximum Gasteiger partial charge on any atom is 0.472 e. The Hall–Kier alpha value is -1.94. The molecule has 0 aromatic rings. The van der Waals surface area contributed by atoms with Gasteiger partial charge in [-0.05, 0) is 43.4 Å². The van der Waals surface area contributed by atoms with Crippen LogP contribution in [0.5, 0.6) is 0 Å². The fraction of sp³-hybridized carbons (Fsp3) is 0.945. The highest BCUT2D eigenvalue weighted by atomic mass is 31.2. The monoisotopic (exact) mass is 1350 g/mol. The molecule has 92 heavy (non-hydrogen) atoms. The highest BCUT2D eigenvalue weighted by molar-refractivity contribution is 7.47. The van der Waals surface area contributed by atoms with Gasteiger partial charge in [0.2, 0.25) is 0 Å². The molecule has 0 radical (unpaired) electrons. The summed E-state index contributed by atoms with van der Waals surface area (Å²) < 4.78 is 68.3. The number of hydrogen-bond donors (Lipinski definition) is 3. The molecule has 546 valence electrons. The predicted molar refractivity (Wildman–Crippen MR) is 372 cm³/mol. The molecule has 0 fully saturated rings. The van der Waals surface area contributed by atoms with Crippen LogP contribution in [0.15, 0.2) is 0 Å². The van der Waals surface area contributed by atoms with Gasteiger partial charge in [0, 0.05) is 25.7 Å². The number of phosphoric ester groups is 2. The summed E-state index contributed by atoms with van der Waals surface area (Å²) in [5, 5.41) is 10.6. The Morgan fingerprint density at radius 2 is 0.554 bits per heavy atom. The summed E-state index contributed by atoms with van der Waals surface area (Å²) in [6.45, 7) is 11.9. The van der Waals surface area contributed by atoms with E-state index in [9.17, 15) is 43.2 Å². The summed E-state index contributed by atoms with van der Waals surface area (Å²) >= 11 is 0. The molecule has 6 atom stereocenters. The van der Waals surface area contributed by atoms with Gasteiger partial charge in [0.05, 0.1) is 26.4 Å². The van der Waals surface area contributed by atoms with Crippen LogP contribution in [0.3, 0.4) is 0 Å². The van der Waals surface area contributed by atoms with Crippen LogP contribution in [0.1, 0.15) is 370 Å². The first-order valence-corrected chi connectivity index (χ1v) is 40.9. The van der Waals surface area contributed by atoms with Crippen LogP contribution in [-0.2, 0) is 65.4 Å². The van der Waals surface area contributed by atoms with Crippen molar-refractivity contribution in [2.75, 3.05) is 39.6 Å². The first kappa shape index (κ1) is 90.1. The van der Waals surface area contributed by atoms with Crippen LogP contribution < -0.4 is 0 Å². The van der Waals surface area contributed by atoms with E-state index < -0.39 is 97.5 Å². The molecule has 0 heterocycles. The van der Waals surface area contributed by atoms with E-state index in [-0.39, 0.29) is 25.7 Å². The summed E-state index contributed by atoms with van der Waals surface area (Å²) in [7, 11) is -9.90. The molecule has 0 bridgehead atoms. The van der Waals surface area contributed by atoms with Crippen molar-refractivity contribution in [2.24, 2.45) is 17.8 Å². The minimum atomic E-state index is -4.96. The molecule has 0 saturated carbocycles. The smallest absolute Gasteiger partial charge is 0.462 e. The number of aliphatic hydroxyl groups is 1. The Morgan fingerprint density at radius 3 is 0.826 bits per heavy atom. The number of ether oxygens (including phenoxy) is 4. The Labute approximate surface area is 562 Å². The first-order valence-electron chi connectivity index (χ1n) is 37.9. The van der Waals surface area contributed by atoms with Gasteiger partial charge in [0.15, 0.2) is 12.2 Å². The first-order chi connectivity index (χ1) is 44.3. The second kappa shape index (κ2) is 63.8. The average Bonchev–Trinajstić information content (AvgIpc) is 2.64. The van der Waals surface area contributed by atoms with E-state index >= 15 is 0 Å². The highest BCUT2D eigenvalue weighted by Gasteiger charge is 2.30. The SMILES string of the molecule is CCCCCCCCCCCC(=O)OC[C@H](COP(=O)(O)OC[C@H](O)COP(=O)(O)OC[C@@H](COC(=O)CCCCCCCCCCCCCCCC(C)C)OC(=O)CCCCCCCCCCCCCCCCC(C)C)OC(=O)CCCCCCCCC(C)CC. The van der Waals surface area contributed by atoms with E-state index in [1.165, 1.54) is 180 Å². The van der Waals surface area contributed by atoms with Crippen molar-refractivity contribution < 1.29 is 80.2 Å². The predicted octanol–water partition coefficient (Wildman–Crippen LogP) is 21.0. The molecule has 3 N–H and O–H groups in total. The lowest BCUT2D eigenvalue weighted by Gasteiger charge is -2.21. The van der Waals surface area contributed by atoms with Crippen molar-refractivity contribution in [3.63, 3.8) is 0 Å². The second-order valence-corrected chi connectivity index (χ2v) is 30.4. The van der Waals surface area contributed by atoms with Gasteiger partial charge < -0.3 is 33.8 Å². The van der Waals surface area contributed by atoms with E-state index in [0.29, 0.717) is 25.7 Å². The number of aliphatic hydroxyl groups excluding tert-OH is 1. The third kappa shape index (κ3) is 65.4. The Bertz CT molecular complexity index is 1800. The van der Waals surface area contributed by atoms with Gasteiger partial charge in [-0.1, -0.05) is 318 Å². The number of carbonyl (C=O) groups excluding carboxylic acids is 4. The molecule has 19 heteroatoms. The lowest BCUT2D eigenvalue weighted by molar-refractivity contribution is -0.161. The van der Waals surface area contributed by atoms with Crippen LogP contribution >= 0.6 is 15.6 Å². The molecule has 0 aliphatic heterocycles. The maximum absolute atomic E-state index is 13.1. The van der Waals surface area contributed by atoms with Crippen LogP contribution in [0.25, 0.3) is 0 Å². The molecule has 3 unspecified atom stereocenters. The molecular formula is C73H142O17P2. The van der Waals surface area contributed by atoms with Crippen molar-refractivity contribution >= 4 is 39.5 Å². The third-order valence-electron chi connectivity index (χ3n) is 17.2. The normalized spacial score (nSPS) is 14.4. The number of hydrogen-bond acceptors (Lipinski definition) is 15. The molecule has 0 spiro atoms. The summed E-state index contributed by atoms with van der Waals surface area (Å²) in [6, 6.07) is 0. The largest absolute Gasteiger partial charge is 0.472 e. The zero-order chi connectivity index (χ0) is 68.0. The minimum Gasteiger partial charge on any atom is -0.462 e. The fourth-order valence-electron chi connectivity index (χ4n) is 11.0. The number of phosphoric acid groups is 2.